The molecule has 5 atom stereocenters. The summed E-state index contributed by atoms with van der Waals surface area (Å²) in [6, 6.07) is 2.15. The fraction of sp³-hybridized carbons (Fsp3) is 0.789. The normalized spacial score (nSPS) is 40.1. The van der Waals surface area contributed by atoms with Crippen molar-refractivity contribution < 1.29 is 28.6 Å². The second-order valence-electron chi connectivity index (χ2n) is 8.66. The minimum absolute atomic E-state index is 0.143. The van der Waals surface area contributed by atoms with Crippen LogP contribution in [0.25, 0.3) is 0 Å². The molecule has 1 aliphatic heterocycles. The molecule has 3 aliphatic rings. The Balaban J connectivity index is 1.72. The number of esters is 3. The molecule has 3 rings (SSSR count). The number of ether oxygens (including phenoxy) is 3. The second kappa shape index (κ2) is 5.45. The third kappa shape index (κ3) is 2.14. The van der Waals surface area contributed by atoms with Crippen molar-refractivity contribution in [2.75, 3.05) is 6.61 Å². The molecule has 142 valence electrons. The minimum atomic E-state index is -1.12. The number of carbonyl (C=O) groups is 3. The Hall–Kier alpha value is -2.10. The first-order valence-electron chi connectivity index (χ1n) is 9.00. The maximum Gasteiger partial charge on any atom is 0.344 e. The van der Waals surface area contributed by atoms with Gasteiger partial charge in [0, 0.05) is 11.8 Å². The summed E-state index contributed by atoms with van der Waals surface area (Å²) >= 11 is 0. The van der Waals surface area contributed by atoms with E-state index in [1.807, 2.05) is 6.92 Å². The number of hydrogen-bond donors (Lipinski definition) is 0. The van der Waals surface area contributed by atoms with Gasteiger partial charge in [0.15, 0.2) is 23.2 Å². The first-order chi connectivity index (χ1) is 12.0. The lowest BCUT2D eigenvalue weighted by molar-refractivity contribution is -0.204. The van der Waals surface area contributed by atoms with Crippen molar-refractivity contribution in [2.24, 2.45) is 22.7 Å². The van der Waals surface area contributed by atoms with E-state index in [2.05, 4.69) is 6.07 Å². The van der Waals surface area contributed by atoms with Crippen LogP contribution in [-0.4, -0.2) is 35.7 Å². The molecule has 0 radical (unpaired) electrons. The molecule has 7 heteroatoms. The van der Waals surface area contributed by atoms with Crippen LogP contribution >= 0.6 is 0 Å². The predicted molar refractivity (Wildman–Crippen MR) is 88.3 cm³/mol. The Bertz CT molecular complexity index is 724. The van der Waals surface area contributed by atoms with Gasteiger partial charge in [0.25, 0.3) is 0 Å². The Morgan fingerprint density at radius 3 is 2.62 bits per heavy atom. The average Bonchev–Trinajstić information content (AvgIpc) is 3.13. The van der Waals surface area contributed by atoms with Gasteiger partial charge in [0.1, 0.15) is 0 Å². The number of nitrogens with zero attached hydrogens (tertiary/aromatic N) is 1. The van der Waals surface area contributed by atoms with Crippen molar-refractivity contribution in [3.63, 3.8) is 0 Å². The largest absolute Gasteiger partial charge is 0.454 e. The van der Waals surface area contributed by atoms with E-state index in [0.717, 1.165) is 0 Å². The molecular weight excluding hydrogens is 338 g/mol. The molecule has 26 heavy (non-hydrogen) atoms. The van der Waals surface area contributed by atoms with Crippen LogP contribution in [0.1, 0.15) is 53.9 Å². The first kappa shape index (κ1) is 18.7. The molecule has 0 aromatic rings. The van der Waals surface area contributed by atoms with Crippen LogP contribution in [0.3, 0.4) is 0 Å². The minimum Gasteiger partial charge on any atom is -0.454 e. The quantitative estimate of drug-likeness (QED) is 0.544. The van der Waals surface area contributed by atoms with E-state index in [1.54, 1.807) is 27.7 Å². The van der Waals surface area contributed by atoms with Crippen molar-refractivity contribution >= 4 is 17.9 Å². The van der Waals surface area contributed by atoms with E-state index in [9.17, 15) is 19.6 Å². The van der Waals surface area contributed by atoms with E-state index >= 15 is 0 Å². The van der Waals surface area contributed by atoms with Crippen LogP contribution in [0.15, 0.2) is 0 Å². The lowest BCUT2D eigenvalue weighted by Crippen LogP contribution is -2.58. The molecule has 1 heterocycles. The lowest BCUT2D eigenvalue weighted by atomic mass is 9.64. The molecule has 5 unspecified atom stereocenters. The van der Waals surface area contributed by atoms with Crippen LogP contribution in [0.5, 0.6) is 0 Å². The zero-order valence-electron chi connectivity index (χ0n) is 15.9. The maximum atomic E-state index is 12.3. The van der Waals surface area contributed by atoms with Gasteiger partial charge in [-0.1, -0.05) is 6.92 Å². The maximum absolute atomic E-state index is 12.3. The number of carbonyl (C=O) groups excluding carboxylic acids is 3. The summed E-state index contributed by atoms with van der Waals surface area (Å²) < 4.78 is 16.4. The van der Waals surface area contributed by atoms with Gasteiger partial charge in [-0.25, -0.2) is 4.79 Å². The summed E-state index contributed by atoms with van der Waals surface area (Å²) in [5, 5.41) is 9.53. The number of fused-ring (bicyclic) bond motifs is 1. The van der Waals surface area contributed by atoms with E-state index < -0.39 is 46.5 Å². The van der Waals surface area contributed by atoms with Gasteiger partial charge in [-0.15, -0.1) is 0 Å². The number of nitriles is 1. The highest BCUT2D eigenvalue weighted by Crippen LogP contribution is 2.70. The fourth-order valence-electron chi connectivity index (χ4n) is 4.73. The summed E-state index contributed by atoms with van der Waals surface area (Å²) in [6.45, 7) is 8.35. The highest BCUT2D eigenvalue weighted by atomic mass is 16.6. The first-order valence-corrected chi connectivity index (χ1v) is 9.00. The second-order valence-corrected chi connectivity index (χ2v) is 8.66. The highest BCUT2D eigenvalue weighted by molar-refractivity contribution is 5.86. The molecule has 2 bridgehead atoms. The van der Waals surface area contributed by atoms with Crippen LogP contribution in [0, 0.1) is 34.0 Å². The Labute approximate surface area is 153 Å². The molecule has 1 saturated heterocycles. The molecule has 0 spiro atoms. The average molecular weight is 363 g/mol. The number of rotatable bonds is 5. The molecule has 0 aromatic heterocycles. The molecule has 0 amide bonds. The summed E-state index contributed by atoms with van der Waals surface area (Å²) in [6.07, 6.45) is 1.52. The molecule has 0 N–H and O–H groups in total. The van der Waals surface area contributed by atoms with Crippen LogP contribution < -0.4 is 0 Å². The Kier molecular flexibility index (Phi) is 3.91. The molecule has 2 saturated carbocycles. The number of hydrogen-bond acceptors (Lipinski definition) is 7. The predicted octanol–water partition coefficient (Wildman–Crippen LogP) is 2.13. The van der Waals surface area contributed by atoms with Crippen molar-refractivity contribution in [1.29, 1.82) is 5.26 Å². The van der Waals surface area contributed by atoms with Crippen molar-refractivity contribution in [3.8, 4) is 6.07 Å². The molecular formula is C19H25NO6. The Morgan fingerprint density at radius 1 is 1.38 bits per heavy atom. The summed E-state index contributed by atoms with van der Waals surface area (Å²) in [7, 11) is 0. The Morgan fingerprint density at radius 2 is 2.04 bits per heavy atom. The molecule has 3 fully saturated rings. The topological polar surface area (TPSA) is 103 Å². The summed E-state index contributed by atoms with van der Waals surface area (Å²) in [5.41, 5.74) is -3.86. The zero-order valence-corrected chi connectivity index (χ0v) is 15.9. The lowest BCUT2D eigenvalue weighted by Gasteiger charge is -2.44. The fourth-order valence-corrected chi connectivity index (χ4v) is 4.73. The van der Waals surface area contributed by atoms with Crippen LogP contribution in [0.4, 0.5) is 0 Å². The standard InChI is InChI=1S/C19H25NO6/c1-6-16(2,3)14(22)24-9-13(21)25-17(4)11-7-12-18(17,5)26-15(23)19(12,8-11)10-20/h11-12H,6-9H2,1-5H3. The van der Waals surface area contributed by atoms with Crippen LogP contribution in [-0.2, 0) is 28.6 Å². The van der Waals surface area contributed by atoms with E-state index in [1.165, 1.54) is 0 Å². The van der Waals surface area contributed by atoms with Gasteiger partial charge in [-0.05, 0) is 47.0 Å². The summed E-state index contributed by atoms with van der Waals surface area (Å²) in [4.78, 5) is 36.7. The van der Waals surface area contributed by atoms with Gasteiger partial charge in [0.05, 0.1) is 11.5 Å². The van der Waals surface area contributed by atoms with Gasteiger partial charge in [-0.3, -0.25) is 9.59 Å². The molecule has 2 aliphatic carbocycles. The van der Waals surface area contributed by atoms with Crippen molar-refractivity contribution in [1.82, 2.24) is 0 Å². The van der Waals surface area contributed by atoms with Gasteiger partial charge < -0.3 is 14.2 Å². The zero-order chi connectivity index (χ0) is 19.5. The monoisotopic (exact) mass is 363 g/mol. The summed E-state index contributed by atoms with van der Waals surface area (Å²) in [5.74, 6) is -2.10. The van der Waals surface area contributed by atoms with Crippen LogP contribution in [0.2, 0.25) is 0 Å². The molecule has 0 aromatic carbocycles. The molecule has 7 nitrogen and oxygen atoms in total. The SMILES string of the molecule is CCC(C)(C)C(=O)OCC(=O)OC1(C)C2CC3C(C#N)(C2)C(=O)OC31C. The van der Waals surface area contributed by atoms with E-state index in [-0.39, 0.29) is 11.8 Å². The van der Waals surface area contributed by atoms with Gasteiger partial charge in [-0.2, -0.15) is 5.26 Å². The van der Waals surface area contributed by atoms with Gasteiger partial charge in [0.2, 0.25) is 0 Å². The third-order valence-electron chi connectivity index (χ3n) is 7.07. The van der Waals surface area contributed by atoms with Crippen molar-refractivity contribution in [3.05, 3.63) is 0 Å². The van der Waals surface area contributed by atoms with Gasteiger partial charge >= 0.3 is 17.9 Å². The highest BCUT2D eigenvalue weighted by Gasteiger charge is 2.82. The smallest absolute Gasteiger partial charge is 0.344 e. The van der Waals surface area contributed by atoms with E-state index in [4.69, 9.17) is 14.2 Å². The van der Waals surface area contributed by atoms with Crippen molar-refractivity contribution in [2.45, 2.75) is 65.1 Å². The van der Waals surface area contributed by atoms with E-state index in [0.29, 0.717) is 19.3 Å². The third-order valence-corrected chi connectivity index (χ3v) is 7.07.